The molecule has 15 heavy (non-hydrogen) atoms. The van der Waals surface area contributed by atoms with Gasteiger partial charge in [-0.15, -0.1) is 0 Å². The quantitative estimate of drug-likeness (QED) is 0.497. The van der Waals surface area contributed by atoms with Crippen LogP contribution in [0.15, 0.2) is 23.1 Å². The topological polar surface area (TPSA) is 57.2 Å². The van der Waals surface area contributed by atoms with Crippen molar-refractivity contribution in [2.24, 2.45) is 0 Å². The molecule has 0 atom stereocenters. The number of hydrogen-bond acceptors (Lipinski definition) is 3. The van der Waals surface area contributed by atoms with Crippen LogP contribution in [0.4, 0.5) is 0 Å². The molecule has 0 saturated carbocycles. The van der Waals surface area contributed by atoms with E-state index in [0.29, 0.717) is 12.0 Å². The van der Waals surface area contributed by atoms with Crippen molar-refractivity contribution in [2.45, 2.75) is 31.6 Å². The molecule has 0 spiro atoms. The third-order valence-corrected chi connectivity index (χ3v) is 3.16. The second-order valence-electron chi connectivity index (χ2n) is 3.06. The van der Waals surface area contributed by atoms with Crippen LogP contribution < -0.4 is 51.4 Å². The minimum Gasteiger partial charge on any atom is -0.744 e. The van der Waals surface area contributed by atoms with Crippen molar-refractivity contribution in [3.63, 3.8) is 0 Å². The molecule has 0 amide bonds. The van der Waals surface area contributed by atoms with Gasteiger partial charge in [-0.1, -0.05) is 26.0 Å². The Bertz CT molecular complexity index is 426. The molecule has 1 rings (SSSR count). The first-order valence-corrected chi connectivity index (χ1v) is 5.98. The van der Waals surface area contributed by atoms with Gasteiger partial charge in [0.1, 0.15) is 10.1 Å². The van der Waals surface area contributed by atoms with Crippen LogP contribution >= 0.6 is 0 Å². The van der Waals surface area contributed by atoms with Gasteiger partial charge in [-0.3, -0.25) is 0 Å². The summed E-state index contributed by atoms with van der Waals surface area (Å²) in [6, 6.07) is 4.84. The summed E-state index contributed by atoms with van der Waals surface area (Å²) in [4.78, 5) is -0.0700. The zero-order valence-electron chi connectivity index (χ0n) is 9.28. The van der Waals surface area contributed by atoms with E-state index in [0.717, 1.165) is 12.0 Å². The first-order chi connectivity index (χ1) is 6.50. The van der Waals surface area contributed by atoms with E-state index in [1.165, 1.54) is 6.07 Å². The molecule has 0 aliphatic carbocycles. The maximum absolute atomic E-state index is 10.9. The summed E-state index contributed by atoms with van der Waals surface area (Å²) in [6.45, 7) is 3.79. The van der Waals surface area contributed by atoms with Gasteiger partial charge in [0, 0.05) is 0 Å². The Morgan fingerprint density at radius 2 is 1.80 bits per heavy atom. The van der Waals surface area contributed by atoms with Crippen LogP contribution in [0.1, 0.15) is 25.0 Å². The molecule has 1 aromatic rings. The molecule has 0 fully saturated rings. The first kappa shape index (κ1) is 15.8. The van der Waals surface area contributed by atoms with Crippen molar-refractivity contribution in [1.29, 1.82) is 0 Å². The normalized spacial score (nSPS) is 10.9. The molecular weight excluding hydrogens is 239 g/mol. The molecule has 0 heterocycles. The molecule has 0 aliphatic heterocycles. The van der Waals surface area contributed by atoms with Crippen LogP contribution in [0.2, 0.25) is 0 Å². The van der Waals surface area contributed by atoms with Gasteiger partial charge in [0.25, 0.3) is 0 Å². The molecule has 78 valence electrons. The molecule has 5 heteroatoms. The predicted molar refractivity (Wildman–Crippen MR) is 53.2 cm³/mol. The van der Waals surface area contributed by atoms with Gasteiger partial charge in [0.05, 0.1) is 4.90 Å². The SMILES string of the molecule is CCc1cccc(S(=O)(=O)[O-])c1CC.[K+]. The van der Waals surface area contributed by atoms with Gasteiger partial charge in [-0.25, -0.2) is 8.42 Å². The second-order valence-corrected chi connectivity index (χ2v) is 4.40. The summed E-state index contributed by atoms with van der Waals surface area (Å²) in [5, 5.41) is 0. The minimum absolute atomic E-state index is 0. The van der Waals surface area contributed by atoms with E-state index in [4.69, 9.17) is 0 Å². The Morgan fingerprint density at radius 1 is 1.20 bits per heavy atom. The van der Waals surface area contributed by atoms with Crippen LogP contribution in [0.25, 0.3) is 0 Å². The molecular formula is C10H13KO3S. The number of rotatable bonds is 3. The smallest absolute Gasteiger partial charge is 0.744 e. The summed E-state index contributed by atoms with van der Waals surface area (Å²) in [5.41, 5.74) is 1.59. The van der Waals surface area contributed by atoms with E-state index in [1.807, 2.05) is 19.9 Å². The van der Waals surface area contributed by atoms with E-state index in [1.54, 1.807) is 6.07 Å². The Labute approximate surface area is 133 Å². The van der Waals surface area contributed by atoms with E-state index in [-0.39, 0.29) is 56.3 Å². The zero-order valence-corrected chi connectivity index (χ0v) is 13.2. The van der Waals surface area contributed by atoms with E-state index < -0.39 is 10.1 Å². The number of hydrogen-bond donors (Lipinski definition) is 0. The summed E-state index contributed by atoms with van der Waals surface area (Å²) in [6.07, 6.45) is 1.31. The Kier molecular flexibility index (Phi) is 6.82. The van der Waals surface area contributed by atoms with Crippen molar-refractivity contribution < 1.29 is 64.4 Å². The van der Waals surface area contributed by atoms with Crippen LogP contribution in [-0.2, 0) is 23.0 Å². The second kappa shape index (κ2) is 6.49. The van der Waals surface area contributed by atoms with Crippen LogP contribution in [0, 0.1) is 0 Å². The fourth-order valence-electron chi connectivity index (χ4n) is 1.58. The first-order valence-electron chi connectivity index (χ1n) is 4.57. The van der Waals surface area contributed by atoms with Gasteiger partial charge in [0.15, 0.2) is 0 Å². The van der Waals surface area contributed by atoms with Crippen LogP contribution in [-0.4, -0.2) is 13.0 Å². The fraction of sp³-hybridized carbons (Fsp3) is 0.400. The zero-order chi connectivity index (χ0) is 10.8. The summed E-state index contributed by atoms with van der Waals surface area (Å²) in [7, 11) is -4.33. The summed E-state index contributed by atoms with van der Waals surface area (Å²) < 4.78 is 32.8. The molecule has 0 radical (unpaired) electrons. The number of aryl methyl sites for hydroxylation is 1. The van der Waals surface area contributed by atoms with Crippen LogP contribution in [0.5, 0.6) is 0 Å². The summed E-state index contributed by atoms with van der Waals surface area (Å²) in [5.74, 6) is 0. The third-order valence-electron chi connectivity index (χ3n) is 2.23. The van der Waals surface area contributed by atoms with Crippen molar-refractivity contribution >= 4 is 10.1 Å². The van der Waals surface area contributed by atoms with Gasteiger partial charge < -0.3 is 4.55 Å². The average molecular weight is 252 g/mol. The summed E-state index contributed by atoms with van der Waals surface area (Å²) >= 11 is 0. The van der Waals surface area contributed by atoms with Crippen molar-refractivity contribution in [2.75, 3.05) is 0 Å². The molecule has 0 aromatic heterocycles. The Morgan fingerprint density at radius 3 is 2.20 bits per heavy atom. The van der Waals surface area contributed by atoms with Crippen molar-refractivity contribution in [1.82, 2.24) is 0 Å². The molecule has 0 aliphatic rings. The third kappa shape index (κ3) is 3.92. The van der Waals surface area contributed by atoms with Crippen LogP contribution in [0.3, 0.4) is 0 Å². The predicted octanol–water partition coefficient (Wildman–Crippen LogP) is -1.28. The molecule has 0 bridgehead atoms. The standard InChI is InChI=1S/C10H14O3S.K/c1-3-8-6-5-7-10(9(8)4-2)14(11,12)13;/h5-7H,3-4H2,1-2H3,(H,11,12,13);/q;+1/p-1. The molecule has 0 saturated heterocycles. The maximum atomic E-state index is 10.9. The van der Waals surface area contributed by atoms with E-state index in [9.17, 15) is 13.0 Å². The van der Waals surface area contributed by atoms with Gasteiger partial charge in [0.2, 0.25) is 0 Å². The average Bonchev–Trinajstić information content (AvgIpc) is 2.15. The fourth-order valence-corrected chi connectivity index (χ4v) is 2.40. The minimum atomic E-state index is -4.33. The largest absolute Gasteiger partial charge is 1.00 e. The maximum Gasteiger partial charge on any atom is 1.00 e. The van der Waals surface area contributed by atoms with Crippen molar-refractivity contribution in [3.05, 3.63) is 29.3 Å². The molecule has 0 N–H and O–H groups in total. The molecule has 1 aromatic carbocycles. The van der Waals surface area contributed by atoms with Gasteiger partial charge in [-0.05, 0) is 30.0 Å². The van der Waals surface area contributed by atoms with Crippen molar-refractivity contribution in [3.8, 4) is 0 Å². The van der Waals surface area contributed by atoms with Gasteiger partial charge in [-0.2, -0.15) is 0 Å². The Balaban J connectivity index is 0.00000196. The van der Waals surface area contributed by atoms with E-state index in [2.05, 4.69) is 0 Å². The van der Waals surface area contributed by atoms with Gasteiger partial charge >= 0.3 is 51.4 Å². The Hall–Kier alpha value is 0.766. The van der Waals surface area contributed by atoms with E-state index >= 15 is 0 Å². The molecule has 3 nitrogen and oxygen atoms in total. The monoisotopic (exact) mass is 252 g/mol. The molecule has 0 unspecified atom stereocenters. The number of benzene rings is 1.